The summed E-state index contributed by atoms with van der Waals surface area (Å²) in [5.74, 6) is -0.514. The first-order chi connectivity index (χ1) is 11.0. The molecule has 3 heterocycles. The van der Waals surface area contributed by atoms with Gasteiger partial charge in [0.05, 0.1) is 20.0 Å². The van der Waals surface area contributed by atoms with E-state index in [1.807, 2.05) is 13.0 Å². The normalized spacial score (nSPS) is 10.9. The number of thiophene rings is 2. The number of aromatic nitrogens is 1. The van der Waals surface area contributed by atoms with Gasteiger partial charge < -0.3 is 4.74 Å². The molecular weight excluding hydrogens is 420 g/mol. The molecule has 1 amide bonds. The highest BCUT2D eigenvalue weighted by Gasteiger charge is 2.20. The van der Waals surface area contributed by atoms with Gasteiger partial charge in [-0.15, -0.1) is 22.7 Å². The average Bonchev–Trinajstić information content (AvgIpc) is 3.16. The van der Waals surface area contributed by atoms with Crippen LogP contribution in [0.4, 0.5) is 5.13 Å². The molecule has 0 aliphatic carbocycles. The van der Waals surface area contributed by atoms with Crippen molar-refractivity contribution in [2.24, 2.45) is 0 Å². The minimum atomic E-state index is -0.325. The number of esters is 1. The topological polar surface area (TPSA) is 68.3 Å². The van der Waals surface area contributed by atoms with Gasteiger partial charge in [-0.05, 0) is 47.5 Å². The number of amides is 1. The molecule has 0 atom stereocenters. The summed E-state index contributed by atoms with van der Waals surface area (Å²) in [5, 5.41) is 3.32. The quantitative estimate of drug-likeness (QED) is 0.596. The van der Waals surface area contributed by atoms with Crippen LogP contribution < -0.4 is 5.32 Å². The zero-order valence-electron chi connectivity index (χ0n) is 12.1. The molecule has 0 aliphatic rings. The van der Waals surface area contributed by atoms with Crippen molar-refractivity contribution in [2.75, 3.05) is 11.9 Å². The van der Waals surface area contributed by atoms with Gasteiger partial charge >= 0.3 is 5.97 Å². The van der Waals surface area contributed by atoms with Crippen molar-refractivity contribution in [3.63, 3.8) is 0 Å². The Balaban J connectivity index is 1.84. The summed E-state index contributed by atoms with van der Waals surface area (Å²) in [4.78, 5) is 30.3. The number of hydrogen-bond acceptors (Lipinski definition) is 7. The molecule has 3 aromatic rings. The Morgan fingerprint density at radius 1 is 1.30 bits per heavy atom. The molecule has 5 nitrogen and oxygen atoms in total. The third kappa shape index (κ3) is 3.32. The Hall–Kier alpha value is -1.29. The van der Waals surface area contributed by atoms with E-state index in [-0.39, 0.29) is 11.9 Å². The standard InChI is InChI=1S/C14H11BrN2O3S3/c1-3-20-13(19)10-6(2)9-12(22-10)17-14(23-9)16-11(18)7-4-5-8(15)21-7/h4-5H,3H2,1-2H3,(H,16,17,18). The molecule has 0 bridgehead atoms. The smallest absolute Gasteiger partial charge is 0.348 e. The van der Waals surface area contributed by atoms with Crippen molar-refractivity contribution in [1.82, 2.24) is 4.98 Å². The molecule has 3 rings (SSSR count). The number of ether oxygens (including phenoxy) is 1. The molecule has 0 fully saturated rings. The number of fused-ring (bicyclic) bond motifs is 1. The maximum Gasteiger partial charge on any atom is 0.348 e. The second-order valence-electron chi connectivity index (χ2n) is 4.49. The highest BCUT2D eigenvalue weighted by molar-refractivity contribution is 9.11. The number of carbonyl (C=O) groups is 2. The van der Waals surface area contributed by atoms with Crippen LogP contribution in [0.25, 0.3) is 9.53 Å². The van der Waals surface area contributed by atoms with Crippen LogP contribution in [-0.2, 0) is 4.74 Å². The van der Waals surface area contributed by atoms with E-state index in [0.29, 0.717) is 21.5 Å². The van der Waals surface area contributed by atoms with Crippen molar-refractivity contribution >= 4 is 76.5 Å². The van der Waals surface area contributed by atoms with Crippen molar-refractivity contribution < 1.29 is 14.3 Å². The van der Waals surface area contributed by atoms with Crippen LogP contribution in [0.5, 0.6) is 0 Å². The Bertz CT molecular complexity index is 896. The first kappa shape index (κ1) is 16.6. The van der Waals surface area contributed by atoms with Gasteiger partial charge in [0.2, 0.25) is 0 Å². The van der Waals surface area contributed by atoms with E-state index in [1.165, 1.54) is 34.0 Å². The Morgan fingerprint density at radius 2 is 2.09 bits per heavy atom. The van der Waals surface area contributed by atoms with E-state index in [1.54, 1.807) is 13.0 Å². The third-order valence-electron chi connectivity index (χ3n) is 2.95. The molecule has 23 heavy (non-hydrogen) atoms. The largest absolute Gasteiger partial charge is 0.462 e. The minimum Gasteiger partial charge on any atom is -0.462 e. The van der Waals surface area contributed by atoms with Crippen molar-refractivity contribution in [3.8, 4) is 0 Å². The molecule has 0 aliphatic heterocycles. The number of nitrogens with one attached hydrogen (secondary N) is 1. The summed E-state index contributed by atoms with van der Waals surface area (Å²) in [6.45, 7) is 3.98. The fourth-order valence-corrected chi connectivity index (χ4v) is 5.42. The molecule has 0 unspecified atom stereocenters. The van der Waals surface area contributed by atoms with Gasteiger partial charge in [0.1, 0.15) is 9.71 Å². The maximum atomic E-state index is 12.1. The lowest BCUT2D eigenvalue weighted by molar-refractivity contribution is 0.0531. The maximum absolute atomic E-state index is 12.1. The molecular formula is C14H11BrN2O3S3. The van der Waals surface area contributed by atoms with Crippen LogP contribution in [-0.4, -0.2) is 23.5 Å². The summed E-state index contributed by atoms with van der Waals surface area (Å²) < 4.78 is 6.84. The molecule has 9 heteroatoms. The first-order valence-corrected chi connectivity index (χ1v) is 9.87. The minimum absolute atomic E-state index is 0.189. The second kappa shape index (κ2) is 6.68. The molecule has 120 valence electrons. The van der Waals surface area contributed by atoms with Crippen LogP contribution >= 0.6 is 49.9 Å². The summed E-state index contributed by atoms with van der Waals surface area (Å²) >= 11 is 7.35. The fraction of sp³-hybridized carbons (Fsp3) is 0.214. The SMILES string of the molecule is CCOC(=O)c1sc2nc(NC(=O)c3ccc(Br)s3)sc2c1C. The number of hydrogen-bond donors (Lipinski definition) is 1. The highest BCUT2D eigenvalue weighted by atomic mass is 79.9. The molecule has 1 N–H and O–H groups in total. The van der Waals surface area contributed by atoms with Crippen molar-refractivity contribution in [3.05, 3.63) is 31.2 Å². The highest BCUT2D eigenvalue weighted by Crippen LogP contribution is 2.37. The van der Waals surface area contributed by atoms with E-state index >= 15 is 0 Å². The number of anilines is 1. The van der Waals surface area contributed by atoms with Gasteiger partial charge in [-0.2, -0.15) is 0 Å². The number of aryl methyl sites for hydroxylation is 1. The van der Waals surface area contributed by atoms with Crippen molar-refractivity contribution in [2.45, 2.75) is 13.8 Å². The van der Waals surface area contributed by atoms with Gasteiger partial charge in [0.25, 0.3) is 5.91 Å². The summed E-state index contributed by atoms with van der Waals surface area (Å²) in [7, 11) is 0. The van der Waals surface area contributed by atoms with E-state index in [2.05, 4.69) is 26.2 Å². The lowest BCUT2D eigenvalue weighted by Crippen LogP contribution is -2.09. The summed E-state index contributed by atoms with van der Waals surface area (Å²) in [6.07, 6.45) is 0. The van der Waals surface area contributed by atoms with Crippen LogP contribution in [0, 0.1) is 6.92 Å². The summed E-state index contributed by atoms with van der Waals surface area (Å²) in [6, 6.07) is 3.58. The van der Waals surface area contributed by atoms with Gasteiger partial charge in [-0.25, -0.2) is 9.78 Å². The summed E-state index contributed by atoms with van der Waals surface area (Å²) in [5.41, 5.74) is 0.848. The van der Waals surface area contributed by atoms with Gasteiger partial charge in [0.15, 0.2) is 5.13 Å². The number of rotatable bonds is 4. The number of carbonyl (C=O) groups excluding carboxylic acids is 2. The molecule has 0 aromatic carbocycles. The first-order valence-electron chi connectivity index (χ1n) is 6.63. The molecule has 0 radical (unpaired) electrons. The fourth-order valence-electron chi connectivity index (χ4n) is 1.93. The third-order valence-corrected chi connectivity index (χ3v) is 6.96. The molecule has 0 spiro atoms. The lowest BCUT2D eigenvalue weighted by Gasteiger charge is -2.00. The van der Waals surface area contributed by atoms with E-state index in [4.69, 9.17) is 4.74 Å². The van der Waals surface area contributed by atoms with Gasteiger partial charge in [-0.3, -0.25) is 10.1 Å². The Kier molecular flexibility index (Phi) is 4.81. The van der Waals surface area contributed by atoms with E-state index in [9.17, 15) is 9.59 Å². The van der Waals surface area contributed by atoms with E-state index in [0.717, 1.165) is 18.9 Å². The number of halogens is 1. The van der Waals surface area contributed by atoms with Crippen LogP contribution in [0.15, 0.2) is 15.9 Å². The predicted octanol–water partition coefficient (Wildman–Crippen LogP) is 4.92. The van der Waals surface area contributed by atoms with Crippen LogP contribution in [0.3, 0.4) is 0 Å². The van der Waals surface area contributed by atoms with Crippen LogP contribution in [0.1, 0.15) is 31.8 Å². The van der Waals surface area contributed by atoms with Crippen LogP contribution in [0.2, 0.25) is 0 Å². The van der Waals surface area contributed by atoms with E-state index < -0.39 is 0 Å². The Labute approximate surface area is 152 Å². The average molecular weight is 431 g/mol. The molecule has 3 aromatic heterocycles. The zero-order valence-corrected chi connectivity index (χ0v) is 16.2. The zero-order chi connectivity index (χ0) is 16.6. The van der Waals surface area contributed by atoms with Gasteiger partial charge in [0, 0.05) is 0 Å². The molecule has 0 saturated heterocycles. The second-order valence-corrected chi connectivity index (χ2v) is 8.95. The van der Waals surface area contributed by atoms with Crippen molar-refractivity contribution in [1.29, 1.82) is 0 Å². The lowest BCUT2D eigenvalue weighted by atomic mass is 10.3. The van der Waals surface area contributed by atoms with Gasteiger partial charge in [-0.1, -0.05) is 11.3 Å². The predicted molar refractivity (Wildman–Crippen MR) is 98.2 cm³/mol. The monoisotopic (exact) mass is 430 g/mol. The molecule has 0 saturated carbocycles. The number of nitrogens with zero attached hydrogens (tertiary/aromatic N) is 1. The number of thiazole rings is 1. The Morgan fingerprint density at radius 3 is 2.70 bits per heavy atom.